The Morgan fingerprint density at radius 3 is 3.00 bits per heavy atom. The molecule has 0 fully saturated rings. The quantitative estimate of drug-likeness (QED) is 0.466. The predicted octanol–water partition coefficient (Wildman–Crippen LogP) is 2.56. The zero-order chi connectivity index (χ0) is 15.1. The summed E-state index contributed by atoms with van der Waals surface area (Å²) < 4.78 is 1.20. The summed E-state index contributed by atoms with van der Waals surface area (Å²) in [6.45, 7) is 2.20. The second-order valence-corrected chi connectivity index (χ2v) is 5.56. The first-order chi connectivity index (χ1) is 10.1. The van der Waals surface area contributed by atoms with Crippen molar-refractivity contribution in [3.63, 3.8) is 0 Å². The second kappa shape index (κ2) is 7.72. The van der Waals surface area contributed by atoms with Gasteiger partial charge in [-0.05, 0) is 59.3 Å². The van der Waals surface area contributed by atoms with E-state index >= 15 is 0 Å². The van der Waals surface area contributed by atoms with Crippen molar-refractivity contribution in [2.24, 2.45) is 5.10 Å². The molecule has 1 heterocycles. The van der Waals surface area contributed by atoms with Gasteiger partial charge in [0.2, 0.25) is 0 Å². The Bertz CT molecular complexity index is 643. The minimum absolute atomic E-state index is 0.171. The first-order valence-corrected chi connectivity index (χ1v) is 7.45. The van der Waals surface area contributed by atoms with Gasteiger partial charge in [0, 0.05) is 27.2 Å². The molecule has 0 aliphatic carbocycles. The lowest BCUT2D eigenvalue weighted by Gasteiger charge is -2.07. The Morgan fingerprint density at radius 2 is 2.29 bits per heavy atom. The molecule has 0 radical (unpaired) electrons. The maximum absolute atomic E-state index is 11.7. The van der Waals surface area contributed by atoms with E-state index in [1.54, 1.807) is 18.6 Å². The Morgan fingerprint density at radius 1 is 1.43 bits per heavy atom. The van der Waals surface area contributed by atoms with Crippen LogP contribution in [-0.4, -0.2) is 23.7 Å². The number of halogens is 1. The molecule has 1 aromatic heterocycles. The van der Waals surface area contributed by atoms with Gasteiger partial charge in [-0.25, -0.2) is 5.43 Å². The lowest BCUT2D eigenvalue weighted by molar-refractivity contribution is -0.119. The number of nitrogens with one attached hydrogen (secondary N) is 2. The number of hydrogen-bond donors (Lipinski definition) is 2. The van der Waals surface area contributed by atoms with Gasteiger partial charge in [-0.3, -0.25) is 9.78 Å². The highest BCUT2D eigenvalue weighted by Crippen LogP contribution is 2.16. The molecule has 0 bridgehead atoms. The molecule has 1 aromatic carbocycles. The van der Waals surface area contributed by atoms with Crippen molar-refractivity contribution in [1.29, 1.82) is 0 Å². The number of anilines is 1. The Labute approximate surface area is 137 Å². The number of aromatic nitrogens is 1. The van der Waals surface area contributed by atoms with Crippen LogP contribution in [0.2, 0.25) is 0 Å². The molecule has 2 N–H and O–H groups in total. The normalized spacial score (nSPS) is 10.6. The molecule has 2 rings (SSSR count). The van der Waals surface area contributed by atoms with Gasteiger partial charge in [0.1, 0.15) is 0 Å². The summed E-state index contributed by atoms with van der Waals surface area (Å²) in [5.41, 5.74) is 5.39. The van der Waals surface area contributed by atoms with Gasteiger partial charge in [-0.2, -0.15) is 5.10 Å². The highest BCUT2D eigenvalue weighted by Gasteiger charge is 2.01. The minimum Gasteiger partial charge on any atom is -0.376 e. The average Bonchev–Trinajstić information content (AvgIpc) is 2.49. The largest absolute Gasteiger partial charge is 0.376 e. The standard InChI is InChI=1S/C15H15IN4O/c1-11-7-13(4-5-14(11)16)18-10-15(21)20-19-9-12-3-2-6-17-8-12/h2-9,18H,10H2,1H3,(H,20,21)/b19-9-. The van der Waals surface area contributed by atoms with Crippen LogP contribution in [0.25, 0.3) is 0 Å². The van der Waals surface area contributed by atoms with E-state index in [2.05, 4.69) is 43.4 Å². The van der Waals surface area contributed by atoms with E-state index in [0.717, 1.165) is 11.3 Å². The molecule has 1 amide bonds. The van der Waals surface area contributed by atoms with E-state index < -0.39 is 0 Å². The molecule has 21 heavy (non-hydrogen) atoms. The maximum atomic E-state index is 11.7. The van der Waals surface area contributed by atoms with Crippen molar-refractivity contribution in [3.8, 4) is 0 Å². The summed E-state index contributed by atoms with van der Waals surface area (Å²) in [5, 5.41) is 6.94. The number of hydrazone groups is 1. The van der Waals surface area contributed by atoms with Crippen LogP contribution in [-0.2, 0) is 4.79 Å². The van der Waals surface area contributed by atoms with Gasteiger partial charge >= 0.3 is 0 Å². The van der Waals surface area contributed by atoms with Crippen LogP contribution in [0.3, 0.4) is 0 Å². The van der Waals surface area contributed by atoms with Crippen LogP contribution in [0, 0.1) is 10.5 Å². The first-order valence-electron chi connectivity index (χ1n) is 6.37. The third-order valence-electron chi connectivity index (χ3n) is 2.70. The highest BCUT2D eigenvalue weighted by molar-refractivity contribution is 14.1. The molecule has 0 saturated heterocycles. The molecule has 108 valence electrons. The Kier molecular flexibility index (Phi) is 5.68. The molecule has 6 heteroatoms. The molecule has 0 saturated carbocycles. The van der Waals surface area contributed by atoms with Crippen molar-refractivity contribution in [3.05, 3.63) is 57.4 Å². The van der Waals surface area contributed by atoms with Crippen LogP contribution in [0.1, 0.15) is 11.1 Å². The zero-order valence-electron chi connectivity index (χ0n) is 11.5. The van der Waals surface area contributed by atoms with E-state index in [1.165, 1.54) is 9.13 Å². The Hall–Kier alpha value is -1.96. The van der Waals surface area contributed by atoms with E-state index in [9.17, 15) is 4.79 Å². The van der Waals surface area contributed by atoms with Gasteiger partial charge in [-0.15, -0.1) is 0 Å². The van der Waals surface area contributed by atoms with Crippen LogP contribution in [0.5, 0.6) is 0 Å². The molecular formula is C15H15IN4O. The van der Waals surface area contributed by atoms with Crippen LogP contribution in [0.4, 0.5) is 5.69 Å². The van der Waals surface area contributed by atoms with Crippen molar-refractivity contribution in [2.75, 3.05) is 11.9 Å². The summed E-state index contributed by atoms with van der Waals surface area (Å²) in [5.74, 6) is -0.202. The molecule has 0 atom stereocenters. The fourth-order valence-electron chi connectivity index (χ4n) is 1.61. The van der Waals surface area contributed by atoms with Gasteiger partial charge in [0.05, 0.1) is 12.8 Å². The van der Waals surface area contributed by atoms with Crippen molar-refractivity contribution in [2.45, 2.75) is 6.92 Å². The van der Waals surface area contributed by atoms with Crippen LogP contribution >= 0.6 is 22.6 Å². The summed E-state index contributed by atoms with van der Waals surface area (Å²) in [4.78, 5) is 15.6. The number of amides is 1. The maximum Gasteiger partial charge on any atom is 0.259 e. The number of hydrogen-bond acceptors (Lipinski definition) is 4. The monoisotopic (exact) mass is 394 g/mol. The number of nitrogens with zero attached hydrogens (tertiary/aromatic N) is 2. The van der Waals surface area contributed by atoms with Gasteiger partial charge in [0.15, 0.2) is 0 Å². The smallest absolute Gasteiger partial charge is 0.259 e. The number of rotatable bonds is 5. The van der Waals surface area contributed by atoms with Crippen molar-refractivity contribution < 1.29 is 4.79 Å². The molecule has 5 nitrogen and oxygen atoms in total. The van der Waals surface area contributed by atoms with E-state index in [4.69, 9.17) is 0 Å². The molecule has 2 aromatic rings. The third-order valence-corrected chi connectivity index (χ3v) is 3.91. The first kappa shape index (κ1) is 15.4. The van der Waals surface area contributed by atoms with Crippen LogP contribution < -0.4 is 10.7 Å². The summed E-state index contributed by atoms with van der Waals surface area (Å²) in [7, 11) is 0. The number of benzene rings is 1. The van der Waals surface area contributed by atoms with Gasteiger partial charge in [0.25, 0.3) is 5.91 Å². The summed E-state index contributed by atoms with van der Waals surface area (Å²) >= 11 is 2.28. The summed E-state index contributed by atoms with van der Waals surface area (Å²) in [6, 6.07) is 9.63. The number of carbonyl (C=O) groups is 1. The number of pyridine rings is 1. The van der Waals surface area contributed by atoms with E-state index in [0.29, 0.717) is 0 Å². The van der Waals surface area contributed by atoms with Gasteiger partial charge < -0.3 is 5.32 Å². The molecular weight excluding hydrogens is 379 g/mol. The van der Waals surface area contributed by atoms with Crippen LogP contribution in [0.15, 0.2) is 47.8 Å². The Balaban J connectivity index is 1.79. The topological polar surface area (TPSA) is 66.4 Å². The van der Waals surface area contributed by atoms with E-state index in [-0.39, 0.29) is 12.5 Å². The highest BCUT2D eigenvalue weighted by atomic mass is 127. The molecule has 0 spiro atoms. The summed E-state index contributed by atoms with van der Waals surface area (Å²) in [6.07, 6.45) is 4.91. The minimum atomic E-state index is -0.202. The zero-order valence-corrected chi connectivity index (χ0v) is 13.7. The third kappa shape index (κ3) is 5.14. The van der Waals surface area contributed by atoms with Crippen molar-refractivity contribution >= 4 is 40.4 Å². The fraction of sp³-hybridized carbons (Fsp3) is 0.133. The molecule has 0 aliphatic rings. The number of aryl methyl sites for hydroxylation is 1. The average molecular weight is 394 g/mol. The lowest BCUT2D eigenvalue weighted by atomic mass is 10.2. The van der Waals surface area contributed by atoms with Crippen molar-refractivity contribution in [1.82, 2.24) is 10.4 Å². The number of carbonyl (C=O) groups excluding carboxylic acids is 1. The van der Waals surface area contributed by atoms with E-state index in [1.807, 2.05) is 37.3 Å². The SMILES string of the molecule is Cc1cc(NCC(=O)N/N=C\c2cccnc2)ccc1I. The lowest BCUT2D eigenvalue weighted by Crippen LogP contribution is -2.25. The van der Waals surface area contributed by atoms with Gasteiger partial charge in [-0.1, -0.05) is 6.07 Å². The fourth-order valence-corrected chi connectivity index (χ4v) is 1.94. The predicted molar refractivity (Wildman–Crippen MR) is 92.4 cm³/mol. The molecule has 0 aliphatic heterocycles. The second-order valence-electron chi connectivity index (χ2n) is 4.40. The molecule has 0 unspecified atom stereocenters.